The number of unbranched alkanes of at least 4 members (excludes halogenated alkanes) is 1. The van der Waals surface area contributed by atoms with Gasteiger partial charge in [0.25, 0.3) is 5.91 Å². The van der Waals surface area contributed by atoms with Crippen LogP contribution >= 0.6 is 0 Å². The lowest BCUT2D eigenvalue weighted by Crippen LogP contribution is -2.25. The van der Waals surface area contributed by atoms with Crippen molar-refractivity contribution < 1.29 is 17.9 Å². The van der Waals surface area contributed by atoms with E-state index < -0.39 is 10.0 Å². The molecule has 0 bridgehead atoms. The molecular formula is C22H26N4O4S. The zero-order valence-electron chi connectivity index (χ0n) is 17.3. The smallest absolute Gasteiger partial charge is 0.255 e. The molecule has 8 nitrogen and oxygen atoms in total. The first-order valence-corrected chi connectivity index (χ1v) is 11.6. The molecule has 0 unspecified atom stereocenters. The lowest BCUT2D eigenvalue weighted by atomic mass is 10.1. The zero-order chi connectivity index (χ0) is 22.3. The van der Waals surface area contributed by atoms with Crippen LogP contribution in [0, 0.1) is 0 Å². The summed E-state index contributed by atoms with van der Waals surface area (Å²) in [5.74, 6) is 0.546. The number of sulfonamides is 1. The number of aromatic nitrogens is 2. The summed E-state index contributed by atoms with van der Waals surface area (Å²) >= 11 is 0. The Balaban J connectivity index is 1.58. The van der Waals surface area contributed by atoms with Crippen molar-refractivity contribution in [2.24, 2.45) is 5.14 Å². The topological polar surface area (TPSA) is 127 Å². The quantitative estimate of drug-likeness (QED) is 0.416. The molecule has 1 aromatic heterocycles. The van der Waals surface area contributed by atoms with Crippen molar-refractivity contribution in [1.29, 1.82) is 0 Å². The summed E-state index contributed by atoms with van der Waals surface area (Å²) in [6.07, 6.45) is 4.12. The molecule has 3 aromatic rings. The van der Waals surface area contributed by atoms with E-state index in [0.717, 1.165) is 29.7 Å². The minimum Gasteiger partial charge on any atom is -0.494 e. The van der Waals surface area contributed by atoms with Gasteiger partial charge in [0.1, 0.15) is 5.75 Å². The number of rotatable bonds is 10. The van der Waals surface area contributed by atoms with Crippen LogP contribution in [0.5, 0.6) is 5.75 Å². The normalized spacial score (nSPS) is 11.3. The molecule has 0 radical (unpaired) electrons. The molecule has 3 rings (SSSR count). The number of primary sulfonamides is 1. The maximum Gasteiger partial charge on any atom is 0.255 e. The molecule has 164 valence electrons. The Hall–Kier alpha value is -3.17. The molecule has 0 saturated heterocycles. The summed E-state index contributed by atoms with van der Waals surface area (Å²) in [7, 11) is -3.71. The van der Waals surface area contributed by atoms with Crippen LogP contribution in [-0.2, 0) is 16.4 Å². The first-order valence-electron chi connectivity index (χ1n) is 10.0. The van der Waals surface area contributed by atoms with E-state index >= 15 is 0 Å². The van der Waals surface area contributed by atoms with Crippen molar-refractivity contribution in [3.05, 3.63) is 65.9 Å². The number of benzene rings is 2. The Morgan fingerprint density at radius 1 is 1.13 bits per heavy atom. The molecular weight excluding hydrogens is 416 g/mol. The SMILES string of the molecule is CCCCOc1ccc(-c2[nH]ncc2C(=O)NCCc2ccc(S(N)(=O)=O)cc2)cc1. The average Bonchev–Trinajstić information content (AvgIpc) is 3.24. The molecule has 0 saturated carbocycles. The van der Waals surface area contributed by atoms with Gasteiger partial charge in [-0.15, -0.1) is 0 Å². The zero-order valence-corrected chi connectivity index (χ0v) is 18.1. The Morgan fingerprint density at radius 3 is 2.48 bits per heavy atom. The van der Waals surface area contributed by atoms with E-state index in [1.165, 1.54) is 18.3 Å². The minimum atomic E-state index is -3.71. The van der Waals surface area contributed by atoms with Crippen LogP contribution in [0.4, 0.5) is 0 Å². The summed E-state index contributed by atoms with van der Waals surface area (Å²) in [6, 6.07) is 13.8. The molecule has 2 aromatic carbocycles. The van der Waals surface area contributed by atoms with Crippen molar-refractivity contribution >= 4 is 15.9 Å². The molecule has 31 heavy (non-hydrogen) atoms. The fraction of sp³-hybridized carbons (Fsp3) is 0.273. The first-order chi connectivity index (χ1) is 14.9. The average molecular weight is 443 g/mol. The van der Waals surface area contributed by atoms with Crippen LogP contribution < -0.4 is 15.2 Å². The lowest BCUT2D eigenvalue weighted by Gasteiger charge is -2.08. The van der Waals surface area contributed by atoms with Gasteiger partial charge in [0.05, 0.1) is 29.0 Å². The van der Waals surface area contributed by atoms with Gasteiger partial charge in [-0.3, -0.25) is 9.89 Å². The van der Waals surface area contributed by atoms with Crippen LogP contribution in [-0.4, -0.2) is 37.7 Å². The van der Waals surface area contributed by atoms with E-state index in [1.54, 1.807) is 12.1 Å². The summed E-state index contributed by atoms with van der Waals surface area (Å²) in [6.45, 7) is 3.18. The largest absolute Gasteiger partial charge is 0.494 e. The highest BCUT2D eigenvalue weighted by molar-refractivity contribution is 7.89. The molecule has 4 N–H and O–H groups in total. The lowest BCUT2D eigenvalue weighted by molar-refractivity contribution is 0.0955. The van der Waals surface area contributed by atoms with Crippen LogP contribution in [0.3, 0.4) is 0 Å². The fourth-order valence-electron chi connectivity index (χ4n) is 2.99. The third-order valence-corrected chi connectivity index (χ3v) is 5.67. The summed E-state index contributed by atoms with van der Waals surface area (Å²) in [5, 5.41) is 14.9. The second-order valence-electron chi connectivity index (χ2n) is 7.08. The number of ether oxygens (including phenoxy) is 1. The highest BCUT2D eigenvalue weighted by Gasteiger charge is 2.15. The molecule has 9 heteroatoms. The summed E-state index contributed by atoms with van der Waals surface area (Å²) in [4.78, 5) is 12.7. The summed E-state index contributed by atoms with van der Waals surface area (Å²) < 4.78 is 28.3. The van der Waals surface area contributed by atoms with Crippen LogP contribution in [0.25, 0.3) is 11.3 Å². The van der Waals surface area contributed by atoms with Crippen LogP contribution in [0.2, 0.25) is 0 Å². The second-order valence-corrected chi connectivity index (χ2v) is 8.64. The second kappa shape index (κ2) is 10.2. The van der Waals surface area contributed by atoms with E-state index in [0.29, 0.717) is 30.8 Å². The number of H-pyrrole nitrogens is 1. The predicted octanol–water partition coefficient (Wildman–Crippen LogP) is 2.88. The fourth-order valence-corrected chi connectivity index (χ4v) is 3.51. The number of nitrogens with one attached hydrogen (secondary N) is 2. The molecule has 0 atom stereocenters. The highest BCUT2D eigenvalue weighted by atomic mass is 32.2. The Labute approximate surface area is 181 Å². The van der Waals surface area contributed by atoms with Crippen molar-refractivity contribution in [3.8, 4) is 17.0 Å². The maximum absolute atomic E-state index is 12.6. The molecule has 0 aliphatic carbocycles. The van der Waals surface area contributed by atoms with Gasteiger partial charge in [0, 0.05) is 12.1 Å². The van der Waals surface area contributed by atoms with Gasteiger partial charge in [-0.25, -0.2) is 13.6 Å². The Kier molecular flexibility index (Phi) is 7.43. The number of carbonyl (C=O) groups is 1. The van der Waals surface area contributed by atoms with Crippen LogP contribution in [0.1, 0.15) is 35.7 Å². The van der Waals surface area contributed by atoms with Crippen molar-refractivity contribution in [1.82, 2.24) is 15.5 Å². The van der Waals surface area contributed by atoms with Crippen molar-refractivity contribution in [3.63, 3.8) is 0 Å². The number of carbonyl (C=O) groups excluding carboxylic acids is 1. The van der Waals surface area contributed by atoms with Gasteiger partial charge >= 0.3 is 0 Å². The first kappa shape index (κ1) is 22.5. The number of aromatic amines is 1. The van der Waals surface area contributed by atoms with Crippen molar-refractivity contribution in [2.45, 2.75) is 31.1 Å². The van der Waals surface area contributed by atoms with Gasteiger partial charge in [-0.1, -0.05) is 25.5 Å². The molecule has 0 spiro atoms. The number of nitrogens with zero attached hydrogens (tertiary/aromatic N) is 1. The Morgan fingerprint density at radius 2 is 1.84 bits per heavy atom. The monoisotopic (exact) mass is 442 g/mol. The van der Waals surface area contributed by atoms with Gasteiger partial charge in [-0.05, 0) is 54.8 Å². The van der Waals surface area contributed by atoms with Gasteiger partial charge in [0.15, 0.2) is 0 Å². The van der Waals surface area contributed by atoms with Gasteiger partial charge in [0.2, 0.25) is 10.0 Å². The minimum absolute atomic E-state index is 0.0603. The number of amides is 1. The third kappa shape index (κ3) is 6.16. The molecule has 1 amide bonds. The molecule has 0 fully saturated rings. The predicted molar refractivity (Wildman–Crippen MR) is 118 cm³/mol. The van der Waals surface area contributed by atoms with E-state index in [-0.39, 0.29) is 10.8 Å². The third-order valence-electron chi connectivity index (χ3n) is 4.74. The standard InChI is InChI=1S/C22H26N4O4S/c1-2-3-14-30-18-8-6-17(7-9-18)21-20(15-25-26-21)22(27)24-13-12-16-4-10-19(11-5-16)31(23,28)29/h4-11,15H,2-3,12-14H2,1H3,(H,24,27)(H,25,26)(H2,23,28,29). The van der Waals surface area contributed by atoms with E-state index in [9.17, 15) is 13.2 Å². The van der Waals surface area contributed by atoms with Gasteiger partial charge in [-0.2, -0.15) is 5.10 Å². The molecule has 1 heterocycles. The van der Waals surface area contributed by atoms with E-state index in [1.807, 2.05) is 24.3 Å². The van der Waals surface area contributed by atoms with E-state index in [4.69, 9.17) is 9.88 Å². The summed E-state index contributed by atoms with van der Waals surface area (Å²) in [5.41, 5.74) is 2.81. The highest BCUT2D eigenvalue weighted by Crippen LogP contribution is 2.24. The van der Waals surface area contributed by atoms with Crippen molar-refractivity contribution in [2.75, 3.05) is 13.2 Å². The Bertz CT molecular complexity index is 1110. The van der Waals surface area contributed by atoms with E-state index in [2.05, 4.69) is 22.4 Å². The van der Waals surface area contributed by atoms with Crippen LogP contribution in [0.15, 0.2) is 59.6 Å². The molecule has 0 aliphatic heterocycles. The molecule has 0 aliphatic rings. The number of nitrogens with two attached hydrogens (primary N) is 1. The number of hydrogen-bond donors (Lipinski definition) is 3. The number of hydrogen-bond acceptors (Lipinski definition) is 5. The van der Waals surface area contributed by atoms with Gasteiger partial charge < -0.3 is 10.1 Å². The maximum atomic E-state index is 12.6.